The molecule has 0 atom stereocenters. The fourth-order valence-electron chi connectivity index (χ4n) is 0.675. The van der Waals surface area contributed by atoms with Gasteiger partial charge in [-0.05, 0) is 12.1 Å². The Balaban J connectivity index is 0.00000121. The molecule has 0 amide bonds. The van der Waals surface area contributed by atoms with Crippen LogP contribution in [0.3, 0.4) is 0 Å². The van der Waals surface area contributed by atoms with Crippen LogP contribution in [0.4, 0.5) is 0 Å². The van der Waals surface area contributed by atoms with Gasteiger partial charge in [-0.2, -0.15) is 8.42 Å². The number of benzene rings is 1. The molecular formula is C6H8BaO4S. The Morgan fingerprint density at radius 3 is 2.00 bits per heavy atom. The third-order valence-corrected chi connectivity index (χ3v) is 2.04. The molecule has 0 saturated carbocycles. The predicted octanol–water partition coefficient (Wildman–Crippen LogP) is -0.277. The van der Waals surface area contributed by atoms with Crippen molar-refractivity contribution in [3.63, 3.8) is 0 Å². The van der Waals surface area contributed by atoms with Crippen molar-refractivity contribution < 1.29 is 18.1 Å². The average molecular weight is 314 g/mol. The summed E-state index contributed by atoms with van der Waals surface area (Å²) >= 11 is 0. The van der Waals surface area contributed by atoms with E-state index in [9.17, 15) is 8.42 Å². The normalized spacial score (nSPS) is 10.4. The first-order valence-electron chi connectivity index (χ1n) is 2.77. The molecule has 2 N–H and O–H groups in total. The van der Waals surface area contributed by atoms with Gasteiger partial charge in [0.15, 0.2) is 0 Å². The first-order valence-corrected chi connectivity index (χ1v) is 4.21. The zero-order valence-corrected chi connectivity index (χ0v) is 6.25. The zero-order valence-electron chi connectivity index (χ0n) is 5.43. The molecule has 0 saturated heterocycles. The summed E-state index contributed by atoms with van der Waals surface area (Å²) in [6.45, 7) is 0. The van der Waals surface area contributed by atoms with Crippen molar-refractivity contribution in [2.24, 2.45) is 0 Å². The standard InChI is InChI=1S/C6H6O4S.Ba.2H/c7-5-3-1-2-4-6(5)11(8,9)10;;;/h1-4,7H,(H,8,9,10);;;. The molecule has 0 aliphatic carbocycles. The third-order valence-electron chi connectivity index (χ3n) is 1.14. The predicted molar refractivity (Wildman–Crippen MR) is 46.5 cm³/mol. The Hall–Kier alpha value is 0.501. The molecule has 0 heterocycles. The Morgan fingerprint density at radius 1 is 1.17 bits per heavy atom. The molecule has 0 aliphatic rings. The molecule has 1 aromatic carbocycles. The van der Waals surface area contributed by atoms with Crippen molar-refractivity contribution in [3.05, 3.63) is 24.3 Å². The van der Waals surface area contributed by atoms with E-state index in [4.69, 9.17) is 9.66 Å². The molecule has 0 unspecified atom stereocenters. The van der Waals surface area contributed by atoms with Gasteiger partial charge in [-0.1, -0.05) is 12.1 Å². The molecule has 0 bridgehead atoms. The fourth-order valence-corrected chi connectivity index (χ4v) is 1.26. The van der Waals surface area contributed by atoms with E-state index in [0.29, 0.717) is 0 Å². The van der Waals surface area contributed by atoms with Gasteiger partial charge in [0.2, 0.25) is 0 Å². The maximum absolute atomic E-state index is 10.4. The molecule has 12 heavy (non-hydrogen) atoms. The van der Waals surface area contributed by atoms with Crippen LogP contribution in [0.2, 0.25) is 0 Å². The van der Waals surface area contributed by atoms with Crippen molar-refractivity contribution in [1.29, 1.82) is 0 Å². The molecule has 4 nitrogen and oxygen atoms in total. The van der Waals surface area contributed by atoms with Crippen LogP contribution in [0.25, 0.3) is 0 Å². The number of rotatable bonds is 1. The van der Waals surface area contributed by atoms with E-state index in [1.54, 1.807) is 0 Å². The summed E-state index contributed by atoms with van der Waals surface area (Å²) in [5.74, 6) is -0.449. The van der Waals surface area contributed by atoms with Crippen LogP contribution in [0, 0.1) is 0 Å². The summed E-state index contributed by atoms with van der Waals surface area (Å²) in [7, 11) is -4.28. The van der Waals surface area contributed by atoms with Crippen LogP contribution >= 0.6 is 0 Å². The number of phenolic OH excluding ortho intramolecular Hbond substituents is 1. The Morgan fingerprint density at radius 2 is 1.67 bits per heavy atom. The van der Waals surface area contributed by atoms with E-state index in [-0.39, 0.29) is 48.9 Å². The summed E-state index contributed by atoms with van der Waals surface area (Å²) in [4.78, 5) is -0.472. The number of aromatic hydroxyl groups is 1. The van der Waals surface area contributed by atoms with Gasteiger partial charge in [0.25, 0.3) is 10.1 Å². The molecule has 0 aromatic heterocycles. The number of para-hydroxylation sites is 1. The van der Waals surface area contributed by atoms with Crippen molar-refractivity contribution >= 4 is 59.0 Å². The Kier molecular flexibility index (Phi) is 4.85. The van der Waals surface area contributed by atoms with E-state index in [1.807, 2.05) is 0 Å². The van der Waals surface area contributed by atoms with Gasteiger partial charge in [0, 0.05) is 0 Å². The van der Waals surface area contributed by atoms with Gasteiger partial charge in [-0.25, -0.2) is 0 Å². The van der Waals surface area contributed by atoms with Gasteiger partial charge in [-0.3, -0.25) is 4.55 Å². The summed E-state index contributed by atoms with van der Waals surface area (Å²) in [5.41, 5.74) is 0. The van der Waals surface area contributed by atoms with Crippen molar-refractivity contribution in [1.82, 2.24) is 0 Å². The quantitative estimate of drug-likeness (QED) is 0.552. The molecular weight excluding hydrogens is 305 g/mol. The van der Waals surface area contributed by atoms with Gasteiger partial charge in [-0.15, -0.1) is 0 Å². The van der Waals surface area contributed by atoms with E-state index < -0.39 is 20.8 Å². The fraction of sp³-hybridized carbons (Fsp3) is 0. The molecule has 0 spiro atoms. The van der Waals surface area contributed by atoms with Gasteiger partial charge < -0.3 is 5.11 Å². The molecule has 0 fully saturated rings. The Bertz CT molecular complexity index is 360. The SMILES string of the molecule is O=S(=O)(O)c1ccccc1O.[BaH2]. The van der Waals surface area contributed by atoms with E-state index >= 15 is 0 Å². The summed E-state index contributed by atoms with van der Waals surface area (Å²) < 4.78 is 29.4. The van der Waals surface area contributed by atoms with Crippen LogP contribution in [-0.4, -0.2) is 67.0 Å². The third kappa shape index (κ3) is 3.10. The van der Waals surface area contributed by atoms with Gasteiger partial charge >= 0.3 is 48.9 Å². The van der Waals surface area contributed by atoms with E-state index in [2.05, 4.69) is 0 Å². The minimum atomic E-state index is -4.28. The zero-order chi connectivity index (χ0) is 8.48. The summed E-state index contributed by atoms with van der Waals surface area (Å²) in [5, 5.41) is 8.91. The number of hydrogen-bond acceptors (Lipinski definition) is 3. The van der Waals surface area contributed by atoms with Gasteiger partial charge in [0.05, 0.1) is 0 Å². The van der Waals surface area contributed by atoms with Crippen molar-refractivity contribution in [3.8, 4) is 5.75 Å². The summed E-state index contributed by atoms with van der Waals surface area (Å²) in [6.07, 6.45) is 0. The number of phenols is 1. The number of hydrogen-bond donors (Lipinski definition) is 2. The monoisotopic (exact) mass is 314 g/mol. The molecule has 64 valence electrons. The minimum absolute atomic E-state index is 0. The average Bonchev–Trinajstić information content (AvgIpc) is 1.86. The second kappa shape index (κ2) is 4.66. The van der Waals surface area contributed by atoms with E-state index in [0.717, 1.165) is 6.07 Å². The second-order valence-corrected chi connectivity index (χ2v) is 3.33. The molecule has 0 aliphatic heterocycles. The van der Waals surface area contributed by atoms with Gasteiger partial charge in [0.1, 0.15) is 10.6 Å². The van der Waals surface area contributed by atoms with Crippen LogP contribution in [-0.2, 0) is 10.1 Å². The van der Waals surface area contributed by atoms with Crippen LogP contribution in [0.1, 0.15) is 0 Å². The molecule has 1 rings (SSSR count). The van der Waals surface area contributed by atoms with Crippen LogP contribution in [0.5, 0.6) is 5.75 Å². The van der Waals surface area contributed by atoms with Crippen molar-refractivity contribution in [2.75, 3.05) is 0 Å². The first kappa shape index (κ1) is 12.5. The second-order valence-electron chi connectivity index (χ2n) is 1.94. The van der Waals surface area contributed by atoms with Crippen molar-refractivity contribution in [2.45, 2.75) is 4.90 Å². The Labute approximate surface area is 110 Å². The molecule has 1 aromatic rings. The van der Waals surface area contributed by atoms with Crippen LogP contribution in [0.15, 0.2) is 29.2 Å². The molecule has 0 radical (unpaired) electrons. The first-order chi connectivity index (χ1) is 5.02. The topological polar surface area (TPSA) is 74.6 Å². The molecule has 6 heteroatoms. The maximum atomic E-state index is 10.4. The van der Waals surface area contributed by atoms with Crippen LogP contribution < -0.4 is 0 Å². The summed E-state index contributed by atoms with van der Waals surface area (Å²) in [6, 6.07) is 5.17. The van der Waals surface area contributed by atoms with E-state index in [1.165, 1.54) is 18.2 Å².